The highest BCUT2D eigenvalue weighted by molar-refractivity contribution is 7.89. The number of hydrogen-bond acceptors (Lipinski definition) is 9. The fourth-order valence-electron chi connectivity index (χ4n) is 3.89. The van der Waals surface area contributed by atoms with Crippen LogP contribution in [0.3, 0.4) is 0 Å². The zero-order chi connectivity index (χ0) is 25.0. The number of likely N-dealkylation sites (N-methyl/N-ethyl adjacent to an activating group) is 1. The Bertz CT molecular complexity index is 1390. The molecule has 1 aliphatic heterocycles. The number of imidazole rings is 1. The van der Waals surface area contributed by atoms with Crippen LogP contribution in [-0.2, 0) is 19.6 Å². The summed E-state index contributed by atoms with van der Waals surface area (Å²) in [7, 11) is -2.40. The first-order valence-electron chi connectivity index (χ1n) is 10.9. The molecule has 35 heavy (non-hydrogen) atoms. The highest BCUT2D eigenvalue weighted by Crippen LogP contribution is 2.37. The molecule has 0 aromatic carbocycles. The number of aromatic nitrogens is 4. The molecule has 2 N–H and O–H groups in total. The molecule has 3 aromatic rings. The molecule has 0 radical (unpaired) electrons. The summed E-state index contributed by atoms with van der Waals surface area (Å²) in [5.41, 5.74) is 0.548. The average Bonchev–Trinajstić information content (AvgIpc) is 3.21. The quantitative estimate of drug-likeness (QED) is 0.474. The van der Waals surface area contributed by atoms with Crippen LogP contribution < -0.4 is 14.9 Å². The van der Waals surface area contributed by atoms with Gasteiger partial charge >= 0.3 is 0 Å². The third-order valence-electron chi connectivity index (χ3n) is 6.05. The number of hydrogen-bond donors (Lipinski definition) is 2. The van der Waals surface area contributed by atoms with Crippen LogP contribution in [0.2, 0.25) is 0 Å². The molecule has 0 spiro atoms. The Morgan fingerprint density at radius 1 is 1.34 bits per heavy atom. The first-order valence-corrected chi connectivity index (χ1v) is 13.2. The molecular formula is C20H23F2N7O4S2. The third-order valence-corrected chi connectivity index (χ3v) is 8.58. The van der Waals surface area contributed by atoms with Crippen LogP contribution in [0.25, 0.3) is 16.3 Å². The van der Waals surface area contributed by atoms with Crippen LogP contribution in [0, 0.1) is 0 Å². The normalized spacial score (nSPS) is 19.9. The van der Waals surface area contributed by atoms with Crippen molar-refractivity contribution in [1.82, 2.24) is 29.6 Å². The van der Waals surface area contributed by atoms with Crippen molar-refractivity contribution in [2.24, 2.45) is 0 Å². The second-order valence-electron chi connectivity index (χ2n) is 8.73. The maximum Gasteiger partial charge on any atom is 0.291 e. The summed E-state index contributed by atoms with van der Waals surface area (Å²) in [6.45, 7) is 2.69. The molecule has 2 aliphatic rings. The Hall–Kier alpha value is -2.75. The van der Waals surface area contributed by atoms with E-state index in [1.54, 1.807) is 0 Å². The number of carbonyl (C=O) groups excluding carboxylic acids is 1. The number of pyridine rings is 1. The van der Waals surface area contributed by atoms with Gasteiger partial charge in [-0.2, -0.15) is 0 Å². The molecule has 5 rings (SSSR count). The van der Waals surface area contributed by atoms with Gasteiger partial charge in [0.25, 0.3) is 12.3 Å². The molecule has 1 amide bonds. The van der Waals surface area contributed by atoms with Crippen LogP contribution in [0.4, 0.5) is 14.5 Å². The third kappa shape index (κ3) is 4.60. The lowest BCUT2D eigenvalue weighted by Crippen LogP contribution is -2.49. The lowest BCUT2D eigenvalue weighted by molar-refractivity contribution is -0.132. The van der Waals surface area contributed by atoms with E-state index in [0.29, 0.717) is 29.1 Å². The number of rotatable bonds is 7. The van der Waals surface area contributed by atoms with E-state index in [1.807, 2.05) is 11.8 Å². The lowest BCUT2D eigenvalue weighted by Gasteiger charge is -2.34. The summed E-state index contributed by atoms with van der Waals surface area (Å²) in [6.07, 6.45) is 0.862. The topological polar surface area (TPSA) is 131 Å². The number of sulfonamides is 1. The van der Waals surface area contributed by atoms with Gasteiger partial charge in [0, 0.05) is 25.3 Å². The standard InChI is InChI=1S/C20H23F2N7O4S2/c1-20(3-4-20)27-35(31,32)11-7-12(28-5-6-33-14(10-28)17(30)23-2)13-8-24-16(29(13)9-11)19-26-25-18(34-19)15(21)22/h7-9,14-15,27H,3-6,10H2,1-2H3,(H,23,30)/t14-/m0/s1. The summed E-state index contributed by atoms with van der Waals surface area (Å²) < 4.78 is 62.6. The van der Waals surface area contributed by atoms with E-state index in [1.165, 1.54) is 29.9 Å². The van der Waals surface area contributed by atoms with Crippen molar-refractivity contribution in [2.75, 3.05) is 31.6 Å². The van der Waals surface area contributed by atoms with Gasteiger partial charge in [-0.15, -0.1) is 10.2 Å². The van der Waals surface area contributed by atoms with E-state index in [2.05, 4.69) is 25.2 Å². The zero-order valence-corrected chi connectivity index (χ0v) is 20.5. The van der Waals surface area contributed by atoms with Gasteiger partial charge in [0.2, 0.25) is 10.0 Å². The highest BCUT2D eigenvalue weighted by atomic mass is 32.2. The Kier molecular flexibility index (Phi) is 5.97. The number of nitrogens with one attached hydrogen (secondary N) is 2. The monoisotopic (exact) mass is 527 g/mol. The Morgan fingerprint density at radius 2 is 2.11 bits per heavy atom. The number of morpholine rings is 1. The van der Waals surface area contributed by atoms with E-state index in [-0.39, 0.29) is 34.8 Å². The summed E-state index contributed by atoms with van der Waals surface area (Å²) >= 11 is 0.688. The number of amides is 1. The molecule has 1 aliphatic carbocycles. The Labute approximate surface area is 203 Å². The molecule has 3 aromatic heterocycles. The minimum absolute atomic E-state index is 0.0195. The fourth-order valence-corrected chi connectivity index (χ4v) is 6.06. The highest BCUT2D eigenvalue weighted by Gasteiger charge is 2.41. The van der Waals surface area contributed by atoms with E-state index >= 15 is 0 Å². The largest absolute Gasteiger partial charge is 0.365 e. The van der Waals surface area contributed by atoms with Crippen LogP contribution in [0.5, 0.6) is 0 Å². The van der Waals surface area contributed by atoms with Gasteiger partial charge in [0.15, 0.2) is 21.9 Å². The predicted octanol–water partition coefficient (Wildman–Crippen LogP) is 1.57. The number of ether oxygens (including phenoxy) is 1. The van der Waals surface area contributed by atoms with Crippen molar-refractivity contribution in [3.63, 3.8) is 0 Å². The SMILES string of the molecule is CNC(=O)[C@@H]1CN(c2cc(S(=O)(=O)NC3(C)CC3)cn3c(-c4nnc(C(F)F)s4)ncc23)CCO1. The first kappa shape index (κ1) is 24.0. The number of halogens is 2. The van der Waals surface area contributed by atoms with Gasteiger partial charge in [-0.05, 0) is 25.8 Å². The van der Waals surface area contributed by atoms with Crippen molar-refractivity contribution in [1.29, 1.82) is 0 Å². The molecule has 4 heterocycles. The van der Waals surface area contributed by atoms with Gasteiger partial charge in [-0.1, -0.05) is 11.3 Å². The summed E-state index contributed by atoms with van der Waals surface area (Å²) in [5.74, 6) is -0.100. The van der Waals surface area contributed by atoms with Gasteiger partial charge in [-0.25, -0.2) is 26.9 Å². The molecule has 1 atom stereocenters. The number of alkyl halides is 2. The number of fused-ring (bicyclic) bond motifs is 1. The minimum atomic E-state index is -3.92. The maximum absolute atomic E-state index is 13.3. The molecule has 1 saturated carbocycles. The van der Waals surface area contributed by atoms with Gasteiger partial charge in [0.1, 0.15) is 4.90 Å². The molecule has 0 unspecified atom stereocenters. The summed E-state index contributed by atoms with van der Waals surface area (Å²) in [5, 5.41) is 9.59. The number of carbonyl (C=O) groups is 1. The Balaban J connectivity index is 1.63. The van der Waals surface area contributed by atoms with E-state index < -0.39 is 33.1 Å². The van der Waals surface area contributed by atoms with E-state index in [0.717, 1.165) is 12.8 Å². The van der Waals surface area contributed by atoms with Gasteiger partial charge in [-0.3, -0.25) is 9.20 Å². The average molecular weight is 528 g/mol. The zero-order valence-electron chi connectivity index (χ0n) is 18.9. The van der Waals surface area contributed by atoms with Crippen LogP contribution >= 0.6 is 11.3 Å². The van der Waals surface area contributed by atoms with Crippen LogP contribution in [-0.4, -0.2) is 72.3 Å². The number of nitrogens with zero attached hydrogens (tertiary/aromatic N) is 5. The van der Waals surface area contributed by atoms with Crippen LogP contribution in [0.1, 0.15) is 31.2 Å². The van der Waals surface area contributed by atoms with Crippen molar-refractivity contribution in [2.45, 2.75) is 42.7 Å². The molecular weight excluding hydrogens is 504 g/mol. The molecule has 0 bridgehead atoms. The predicted molar refractivity (Wildman–Crippen MR) is 123 cm³/mol. The number of anilines is 1. The second kappa shape index (κ2) is 8.72. The lowest BCUT2D eigenvalue weighted by atomic mass is 10.2. The molecule has 11 nitrogen and oxygen atoms in total. The summed E-state index contributed by atoms with van der Waals surface area (Å²) in [4.78, 5) is 18.4. The van der Waals surface area contributed by atoms with Gasteiger partial charge in [0.05, 0.1) is 30.6 Å². The Morgan fingerprint density at radius 3 is 2.77 bits per heavy atom. The first-order chi connectivity index (χ1) is 16.6. The van der Waals surface area contributed by atoms with Crippen molar-refractivity contribution < 1.29 is 26.7 Å². The maximum atomic E-state index is 13.3. The van der Waals surface area contributed by atoms with Crippen molar-refractivity contribution in [3.05, 3.63) is 23.5 Å². The minimum Gasteiger partial charge on any atom is -0.365 e. The smallest absolute Gasteiger partial charge is 0.291 e. The van der Waals surface area contributed by atoms with Crippen molar-refractivity contribution in [3.8, 4) is 10.8 Å². The van der Waals surface area contributed by atoms with E-state index in [4.69, 9.17) is 4.74 Å². The molecule has 2 fully saturated rings. The van der Waals surface area contributed by atoms with Gasteiger partial charge < -0.3 is 15.0 Å². The summed E-state index contributed by atoms with van der Waals surface area (Å²) in [6, 6.07) is 1.53. The van der Waals surface area contributed by atoms with Crippen LogP contribution in [0.15, 0.2) is 23.4 Å². The second-order valence-corrected chi connectivity index (χ2v) is 11.4. The van der Waals surface area contributed by atoms with Crippen molar-refractivity contribution >= 4 is 38.5 Å². The molecule has 15 heteroatoms. The molecule has 188 valence electrons. The fraction of sp³-hybridized carbons (Fsp3) is 0.500. The molecule has 1 saturated heterocycles. The van der Waals surface area contributed by atoms with E-state index in [9.17, 15) is 22.0 Å².